The van der Waals surface area contributed by atoms with Crippen LogP contribution in [0, 0.1) is 5.92 Å². The first-order valence-corrected chi connectivity index (χ1v) is 7.54. The number of hydrogen-bond donors (Lipinski definition) is 2. The molecule has 1 rings (SSSR count). The van der Waals surface area contributed by atoms with Crippen LogP contribution in [0.2, 0.25) is 0 Å². The van der Waals surface area contributed by atoms with Gasteiger partial charge >= 0.3 is 0 Å². The van der Waals surface area contributed by atoms with E-state index in [1.54, 1.807) is 32.9 Å². The van der Waals surface area contributed by atoms with Crippen molar-refractivity contribution in [1.82, 2.24) is 0 Å². The fraction of sp³-hybridized carbons (Fsp3) is 0.706. The molecule has 0 bridgehead atoms. The van der Waals surface area contributed by atoms with Crippen molar-refractivity contribution in [3.05, 3.63) is 23.3 Å². The fourth-order valence-corrected chi connectivity index (χ4v) is 2.63. The van der Waals surface area contributed by atoms with E-state index >= 15 is 0 Å². The van der Waals surface area contributed by atoms with Gasteiger partial charge in [0.15, 0.2) is 5.78 Å². The molecule has 0 aliphatic heterocycles. The molecule has 0 amide bonds. The molecule has 126 valence electrons. The number of rotatable bonds is 7. The van der Waals surface area contributed by atoms with Crippen LogP contribution in [0.4, 0.5) is 0 Å². The summed E-state index contributed by atoms with van der Waals surface area (Å²) in [6.45, 7) is 6.83. The maximum absolute atomic E-state index is 12.0. The quantitative estimate of drug-likeness (QED) is 0.703. The molecule has 0 aromatic rings. The minimum absolute atomic E-state index is 0.0369. The number of hydrogen-bond acceptors (Lipinski definition) is 5. The molecule has 0 heterocycles. The summed E-state index contributed by atoms with van der Waals surface area (Å²) in [5.74, 6) is -1.14. The van der Waals surface area contributed by atoms with E-state index in [4.69, 9.17) is 9.47 Å². The van der Waals surface area contributed by atoms with Gasteiger partial charge < -0.3 is 19.7 Å². The Hall–Kier alpha value is -1.01. The average Bonchev–Trinajstić information content (AvgIpc) is 2.45. The lowest BCUT2D eigenvalue weighted by molar-refractivity contribution is -0.150. The van der Waals surface area contributed by atoms with Crippen LogP contribution in [-0.2, 0) is 14.3 Å². The van der Waals surface area contributed by atoms with Crippen molar-refractivity contribution in [2.24, 2.45) is 5.92 Å². The molecule has 2 atom stereocenters. The van der Waals surface area contributed by atoms with Gasteiger partial charge in [0.05, 0.1) is 11.7 Å². The Balaban J connectivity index is 2.92. The van der Waals surface area contributed by atoms with Gasteiger partial charge in [-0.15, -0.1) is 0 Å². The summed E-state index contributed by atoms with van der Waals surface area (Å²) in [4.78, 5) is 12.0. The molecule has 5 heteroatoms. The normalized spacial score (nSPS) is 21.2. The van der Waals surface area contributed by atoms with Crippen molar-refractivity contribution in [2.45, 2.75) is 58.0 Å². The van der Waals surface area contributed by atoms with Gasteiger partial charge in [0.1, 0.15) is 0 Å². The molecule has 0 saturated heterocycles. The molecule has 0 unspecified atom stereocenters. The number of ether oxygens (including phenoxy) is 2. The van der Waals surface area contributed by atoms with Crippen LogP contribution in [0.25, 0.3) is 0 Å². The van der Waals surface area contributed by atoms with E-state index in [0.29, 0.717) is 18.4 Å². The number of methoxy groups -OCH3 is 2. The number of allylic oxidation sites excluding steroid dienone is 2. The summed E-state index contributed by atoms with van der Waals surface area (Å²) in [7, 11) is 3.07. The van der Waals surface area contributed by atoms with Crippen LogP contribution < -0.4 is 0 Å². The molecule has 0 radical (unpaired) electrons. The second-order valence-electron chi connectivity index (χ2n) is 6.51. The first-order chi connectivity index (χ1) is 10.1. The van der Waals surface area contributed by atoms with Crippen LogP contribution in [0.3, 0.4) is 0 Å². The predicted octanol–water partition coefficient (Wildman–Crippen LogP) is 1.98. The van der Waals surface area contributed by atoms with E-state index in [0.717, 1.165) is 5.57 Å². The van der Waals surface area contributed by atoms with Gasteiger partial charge in [-0.2, -0.15) is 0 Å². The molecular formula is C17H28O5. The molecule has 0 fully saturated rings. The Morgan fingerprint density at radius 2 is 1.82 bits per heavy atom. The highest BCUT2D eigenvalue weighted by Gasteiger charge is 2.39. The zero-order valence-corrected chi connectivity index (χ0v) is 14.3. The molecule has 0 aromatic carbocycles. The topological polar surface area (TPSA) is 76.0 Å². The van der Waals surface area contributed by atoms with Crippen LogP contribution in [-0.4, -0.2) is 47.7 Å². The lowest BCUT2D eigenvalue weighted by Gasteiger charge is -2.36. The molecule has 1 aliphatic rings. The van der Waals surface area contributed by atoms with Crippen molar-refractivity contribution in [1.29, 1.82) is 0 Å². The van der Waals surface area contributed by atoms with E-state index in [1.807, 2.05) is 6.92 Å². The largest absolute Gasteiger partial charge is 0.390 e. The molecule has 0 aromatic heterocycles. The van der Waals surface area contributed by atoms with E-state index < -0.39 is 17.5 Å². The Bertz CT molecular complexity index is 466. The van der Waals surface area contributed by atoms with Crippen LogP contribution in [0.1, 0.15) is 40.5 Å². The number of aliphatic hydroxyl groups excluding tert-OH is 1. The Kier molecular flexibility index (Phi) is 6.10. The third-order valence-electron chi connectivity index (χ3n) is 4.31. The molecule has 5 nitrogen and oxygen atoms in total. The van der Waals surface area contributed by atoms with E-state index in [1.165, 1.54) is 14.2 Å². The molecular weight excluding hydrogens is 284 g/mol. The lowest BCUT2D eigenvalue weighted by Crippen LogP contribution is -2.40. The summed E-state index contributed by atoms with van der Waals surface area (Å²) in [6.07, 6.45) is 3.44. The number of aliphatic hydroxyl groups is 2. The third kappa shape index (κ3) is 4.04. The molecule has 1 aliphatic carbocycles. The second kappa shape index (κ2) is 7.04. The van der Waals surface area contributed by atoms with Crippen molar-refractivity contribution in [3.8, 4) is 0 Å². The maximum atomic E-state index is 12.0. The monoisotopic (exact) mass is 312 g/mol. The van der Waals surface area contributed by atoms with Gasteiger partial charge in [0.25, 0.3) is 0 Å². The molecule has 2 N–H and O–H groups in total. The maximum Gasteiger partial charge on any atom is 0.211 e. The summed E-state index contributed by atoms with van der Waals surface area (Å²) >= 11 is 0. The number of carbonyl (C=O) groups is 1. The molecule has 22 heavy (non-hydrogen) atoms. The zero-order chi connectivity index (χ0) is 17.1. The van der Waals surface area contributed by atoms with Crippen molar-refractivity contribution in [2.75, 3.05) is 14.2 Å². The first kappa shape index (κ1) is 19.0. The summed E-state index contributed by atoms with van der Waals surface area (Å²) < 4.78 is 11.0. The third-order valence-corrected chi connectivity index (χ3v) is 4.31. The fourth-order valence-electron chi connectivity index (χ4n) is 2.63. The predicted molar refractivity (Wildman–Crippen MR) is 84.3 cm³/mol. The van der Waals surface area contributed by atoms with Crippen molar-refractivity contribution < 1.29 is 24.5 Å². The summed E-state index contributed by atoms with van der Waals surface area (Å²) in [6, 6.07) is 0. The number of carbonyl (C=O) groups excluding carboxylic acids is 1. The smallest absolute Gasteiger partial charge is 0.211 e. The van der Waals surface area contributed by atoms with E-state index in [2.05, 4.69) is 0 Å². The van der Waals surface area contributed by atoms with Crippen LogP contribution in [0.5, 0.6) is 0 Å². The van der Waals surface area contributed by atoms with Gasteiger partial charge in [0, 0.05) is 14.2 Å². The highest BCUT2D eigenvalue weighted by atomic mass is 16.7. The van der Waals surface area contributed by atoms with Crippen molar-refractivity contribution in [3.63, 3.8) is 0 Å². The van der Waals surface area contributed by atoms with Gasteiger partial charge in [-0.05, 0) is 62.8 Å². The minimum Gasteiger partial charge on any atom is -0.390 e. The average molecular weight is 312 g/mol. The molecule has 0 saturated carbocycles. The standard InChI is InChI=1S/C17H28O5/c1-11(7-8-15(19)16(3,4)20)13-9-14(18)12(2)10-17(13,21-5)22-6/h9-11,15,19-20H,7-8H2,1-6H3/t11-,15+/m1/s1. The highest BCUT2D eigenvalue weighted by molar-refractivity contribution is 6.05. The van der Waals surface area contributed by atoms with E-state index in [9.17, 15) is 15.0 Å². The Labute approximate surface area is 132 Å². The summed E-state index contributed by atoms with van der Waals surface area (Å²) in [5.41, 5.74) is 0.166. The van der Waals surface area contributed by atoms with Crippen molar-refractivity contribution >= 4 is 5.78 Å². The van der Waals surface area contributed by atoms with E-state index in [-0.39, 0.29) is 11.7 Å². The zero-order valence-electron chi connectivity index (χ0n) is 14.3. The van der Waals surface area contributed by atoms with Gasteiger partial charge in [-0.3, -0.25) is 4.79 Å². The van der Waals surface area contributed by atoms with Crippen LogP contribution >= 0.6 is 0 Å². The molecule has 0 spiro atoms. The van der Waals surface area contributed by atoms with Gasteiger partial charge in [-0.1, -0.05) is 6.92 Å². The number of ketones is 1. The lowest BCUT2D eigenvalue weighted by atomic mass is 9.82. The second-order valence-corrected chi connectivity index (χ2v) is 6.51. The first-order valence-electron chi connectivity index (χ1n) is 7.54. The SMILES string of the molecule is COC1(OC)C=C(C)C(=O)C=C1[C@H](C)CC[C@H](O)C(C)(C)O. The minimum atomic E-state index is -1.15. The van der Waals surface area contributed by atoms with Gasteiger partial charge in [-0.25, -0.2) is 0 Å². The highest BCUT2D eigenvalue weighted by Crippen LogP contribution is 2.36. The van der Waals surface area contributed by atoms with Crippen LogP contribution in [0.15, 0.2) is 23.3 Å². The Morgan fingerprint density at radius 1 is 1.27 bits per heavy atom. The summed E-state index contributed by atoms with van der Waals surface area (Å²) in [5, 5.41) is 19.8. The Morgan fingerprint density at radius 3 is 2.27 bits per heavy atom. The van der Waals surface area contributed by atoms with Gasteiger partial charge in [0.2, 0.25) is 5.79 Å².